The lowest BCUT2D eigenvalue weighted by Gasteiger charge is -2.40. The summed E-state index contributed by atoms with van der Waals surface area (Å²) in [5.74, 6) is 0.825. The largest absolute Gasteiger partial charge is 0.497 e. The first kappa shape index (κ1) is 18.6. The molecule has 0 amide bonds. The molecule has 0 N–H and O–H groups in total. The van der Waals surface area contributed by atoms with Gasteiger partial charge in [-0.3, -0.25) is 9.88 Å². The zero-order valence-corrected chi connectivity index (χ0v) is 16.0. The summed E-state index contributed by atoms with van der Waals surface area (Å²) in [7, 11) is -1.48. The van der Waals surface area contributed by atoms with Crippen molar-refractivity contribution in [3.8, 4) is 5.75 Å². The number of rotatable bonds is 6. The van der Waals surface area contributed by atoms with E-state index in [0.29, 0.717) is 0 Å². The van der Waals surface area contributed by atoms with E-state index >= 15 is 0 Å². The number of sulfonamides is 1. The fourth-order valence-corrected chi connectivity index (χ4v) is 5.44. The van der Waals surface area contributed by atoms with Crippen molar-refractivity contribution in [2.24, 2.45) is 0 Å². The smallest absolute Gasteiger partial charge is 0.211 e. The Balaban J connectivity index is 1.63. The molecule has 0 radical (unpaired) electrons. The molecule has 1 atom stereocenters. The average molecular weight is 368 g/mol. The number of methoxy groups -OCH3 is 1. The first-order valence-corrected chi connectivity index (χ1v) is 11.0. The van der Waals surface area contributed by atoms with Crippen LogP contribution in [-0.4, -0.2) is 61.1 Å². The number of hydrogen-bond donors (Lipinski definition) is 0. The van der Waals surface area contributed by atoms with E-state index in [1.54, 1.807) is 13.3 Å². The Morgan fingerprint density at radius 1 is 1.20 bits per heavy atom. The van der Waals surface area contributed by atoms with Gasteiger partial charge in [-0.05, 0) is 44.7 Å². The lowest BCUT2D eigenvalue weighted by Crippen LogP contribution is -2.49. The second kappa shape index (κ2) is 8.01. The van der Waals surface area contributed by atoms with Gasteiger partial charge in [0.1, 0.15) is 5.75 Å². The third-order valence-electron chi connectivity index (χ3n) is 5.38. The molecule has 1 saturated heterocycles. The Morgan fingerprint density at radius 2 is 1.92 bits per heavy atom. The highest BCUT2D eigenvalue weighted by Gasteiger charge is 2.37. The Hall–Kier alpha value is -1.18. The molecule has 1 aromatic heterocycles. The van der Waals surface area contributed by atoms with Gasteiger partial charge in [-0.1, -0.05) is 6.42 Å². The van der Waals surface area contributed by atoms with Crippen molar-refractivity contribution in [1.29, 1.82) is 0 Å². The monoisotopic (exact) mass is 367 g/mol. The van der Waals surface area contributed by atoms with Gasteiger partial charge in [0, 0.05) is 37.4 Å². The summed E-state index contributed by atoms with van der Waals surface area (Å²) in [6.45, 7) is 2.67. The van der Waals surface area contributed by atoms with E-state index in [1.807, 2.05) is 16.4 Å². The number of ether oxygens (including phenoxy) is 1. The molecule has 7 heteroatoms. The zero-order chi connectivity index (χ0) is 17.9. The molecule has 0 unspecified atom stereocenters. The van der Waals surface area contributed by atoms with Gasteiger partial charge in [0.05, 0.1) is 19.1 Å². The van der Waals surface area contributed by atoms with Gasteiger partial charge in [0.25, 0.3) is 0 Å². The van der Waals surface area contributed by atoms with Gasteiger partial charge in [0.2, 0.25) is 10.0 Å². The van der Waals surface area contributed by atoms with Crippen LogP contribution in [0.25, 0.3) is 0 Å². The van der Waals surface area contributed by atoms with Crippen LogP contribution in [0.3, 0.4) is 0 Å². The van der Waals surface area contributed by atoms with Crippen molar-refractivity contribution in [2.45, 2.75) is 57.2 Å². The van der Waals surface area contributed by atoms with E-state index in [4.69, 9.17) is 4.74 Å². The van der Waals surface area contributed by atoms with Gasteiger partial charge >= 0.3 is 0 Å². The van der Waals surface area contributed by atoms with Gasteiger partial charge in [0.15, 0.2) is 0 Å². The second-order valence-corrected chi connectivity index (χ2v) is 9.11. The lowest BCUT2D eigenvalue weighted by molar-refractivity contribution is 0.160. The Bertz CT molecular complexity index is 676. The van der Waals surface area contributed by atoms with E-state index in [-0.39, 0.29) is 12.1 Å². The van der Waals surface area contributed by atoms with Gasteiger partial charge in [-0.25, -0.2) is 8.42 Å². The standard InChI is InChI=1S/C18H29N3O3S/c1-24-18-8-10-19-15(13-18)14-20-11-4-7-17(9-12-20)21(25(2,22)23)16-5-3-6-16/h8,10,13,16-17H,3-7,9,11-12,14H2,1-2H3/t17-/m1/s1. The average Bonchev–Trinajstić information content (AvgIpc) is 2.75. The zero-order valence-electron chi connectivity index (χ0n) is 15.2. The Morgan fingerprint density at radius 3 is 2.56 bits per heavy atom. The number of hydrogen-bond acceptors (Lipinski definition) is 5. The van der Waals surface area contributed by atoms with Crippen LogP contribution in [0.5, 0.6) is 5.75 Å². The number of likely N-dealkylation sites (tertiary alicyclic amines) is 1. The van der Waals surface area contributed by atoms with Gasteiger partial charge in [-0.15, -0.1) is 0 Å². The third kappa shape index (κ3) is 4.71. The van der Waals surface area contributed by atoms with Crippen LogP contribution in [0.15, 0.2) is 18.3 Å². The molecule has 140 valence electrons. The molecule has 0 spiro atoms. The van der Waals surface area contributed by atoms with Crippen molar-refractivity contribution in [2.75, 3.05) is 26.5 Å². The van der Waals surface area contributed by atoms with Crippen molar-refractivity contribution < 1.29 is 13.2 Å². The van der Waals surface area contributed by atoms with Crippen LogP contribution >= 0.6 is 0 Å². The molecule has 2 aliphatic rings. The highest BCUT2D eigenvalue weighted by Crippen LogP contribution is 2.32. The van der Waals surface area contributed by atoms with E-state index in [9.17, 15) is 8.42 Å². The summed E-state index contributed by atoms with van der Waals surface area (Å²) in [6.07, 6.45) is 9.19. The third-order valence-corrected chi connectivity index (χ3v) is 6.74. The predicted molar refractivity (Wildman–Crippen MR) is 98.0 cm³/mol. The maximum absolute atomic E-state index is 12.3. The normalized spacial score (nSPS) is 23.2. The SMILES string of the molecule is COc1ccnc(CN2CCC[C@@H](N(C3CCC3)S(C)(=O)=O)CC2)c1. The number of pyridine rings is 1. The molecule has 6 nitrogen and oxygen atoms in total. The molecule has 2 fully saturated rings. The summed E-state index contributed by atoms with van der Waals surface area (Å²) in [5.41, 5.74) is 0.997. The second-order valence-electron chi connectivity index (χ2n) is 7.23. The Labute approximate surface area is 151 Å². The summed E-state index contributed by atoms with van der Waals surface area (Å²) in [4.78, 5) is 6.81. The molecule has 0 aromatic carbocycles. The first-order chi connectivity index (χ1) is 12.0. The highest BCUT2D eigenvalue weighted by atomic mass is 32.2. The quantitative estimate of drug-likeness (QED) is 0.772. The summed E-state index contributed by atoms with van der Waals surface area (Å²) in [5, 5.41) is 0. The minimum Gasteiger partial charge on any atom is -0.497 e. The van der Waals surface area contributed by atoms with E-state index in [1.165, 1.54) is 6.26 Å². The molecule has 2 heterocycles. The van der Waals surface area contributed by atoms with Crippen molar-refractivity contribution in [1.82, 2.24) is 14.2 Å². The maximum Gasteiger partial charge on any atom is 0.211 e. The van der Waals surface area contributed by atoms with E-state index < -0.39 is 10.0 Å². The van der Waals surface area contributed by atoms with Gasteiger partial charge < -0.3 is 4.74 Å². The molecular weight excluding hydrogens is 338 g/mol. The van der Waals surface area contributed by atoms with E-state index in [0.717, 1.165) is 69.6 Å². The minimum atomic E-state index is -3.14. The van der Waals surface area contributed by atoms with E-state index in [2.05, 4.69) is 9.88 Å². The topological polar surface area (TPSA) is 62.7 Å². The molecule has 1 saturated carbocycles. The number of aromatic nitrogens is 1. The minimum absolute atomic E-state index is 0.142. The van der Waals surface area contributed by atoms with Crippen LogP contribution in [0.4, 0.5) is 0 Å². The highest BCUT2D eigenvalue weighted by molar-refractivity contribution is 7.88. The fraction of sp³-hybridized carbons (Fsp3) is 0.722. The predicted octanol–water partition coefficient (Wildman–Crippen LogP) is 2.26. The molecule has 1 aliphatic heterocycles. The summed E-state index contributed by atoms with van der Waals surface area (Å²) in [6, 6.07) is 4.19. The van der Waals surface area contributed by atoms with Crippen molar-refractivity contribution >= 4 is 10.0 Å². The van der Waals surface area contributed by atoms with Crippen molar-refractivity contribution in [3.05, 3.63) is 24.0 Å². The maximum atomic E-state index is 12.3. The van der Waals surface area contributed by atoms with Crippen LogP contribution < -0.4 is 4.74 Å². The summed E-state index contributed by atoms with van der Waals surface area (Å²) < 4.78 is 31.7. The number of nitrogens with zero attached hydrogens (tertiary/aromatic N) is 3. The molecular formula is C18H29N3O3S. The molecule has 1 aromatic rings. The molecule has 3 rings (SSSR count). The molecule has 25 heavy (non-hydrogen) atoms. The summed E-state index contributed by atoms with van der Waals surface area (Å²) >= 11 is 0. The fourth-order valence-electron chi connectivity index (χ4n) is 3.93. The van der Waals surface area contributed by atoms with Crippen LogP contribution in [0.2, 0.25) is 0 Å². The Kier molecular flexibility index (Phi) is 5.96. The molecule has 1 aliphatic carbocycles. The van der Waals surface area contributed by atoms with Crippen LogP contribution in [-0.2, 0) is 16.6 Å². The lowest BCUT2D eigenvalue weighted by atomic mass is 9.91. The van der Waals surface area contributed by atoms with Crippen LogP contribution in [0.1, 0.15) is 44.2 Å². The van der Waals surface area contributed by atoms with Gasteiger partial charge in [-0.2, -0.15) is 4.31 Å². The van der Waals surface area contributed by atoms with Crippen LogP contribution in [0, 0.1) is 0 Å². The first-order valence-electron chi connectivity index (χ1n) is 9.17. The van der Waals surface area contributed by atoms with Crippen molar-refractivity contribution in [3.63, 3.8) is 0 Å². The molecule has 0 bridgehead atoms.